The van der Waals surface area contributed by atoms with E-state index in [1.54, 1.807) is 18.2 Å². The zero-order chi connectivity index (χ0) is 29.0. The van der Waals surface area contributed by atoms with Gasteiger partial charge in [0.25, 0.3) is 5.70 Å². The van der Waals surface area contributed by atoms with Gasteiger partial charge in [0, 0.05) is 5.57 Å². The SMILES string of the molecule is [C-]#[N+]C(C#N)=C1c2cc(-c3ccc(F)c(C(F)(F)F)c3)ccc2-c2ccc(-c3ccc(F)c(C(F)(F)F)c3)cc21. The molecule has 10 heteroatoms. The van der Waals surface area contributed by atoms with Crippen LogP contribution in [0.4, 0.5) is 35.1 Å². The van der Waals surface area contributed by atoms with Crippen LogP contribution in [-0.2, 0) is 12.4 Å². The Morgan fingerprint density at radius 2 is 0.975 bits per heavy atom. The van der Waals surface area contributed by atoms with Gasteiger partial charge in [0.1, 0.15) is 11.6 Å². The number of fused-ring (bicyclic) bond motifs is 3. The van der Waals surface area contributed by atoms with Gasteiger partial charge in [-0.3, -0.25) is 0 Å². The molecule has 0 radical (unpaired) electrons. The van der Waals surface area contributed by atoms with Crippen LogP contribution in [0.5, 0.6) is 0 Å². The molecule has 0 spiro atoms. The summed E-state index contributed by atoms with van der Waals surface area (Å²) in [4.78, 5) is 3.28. The highest BCUT2D eigenvalue weighted by Gasteiger charge is 2.36. The fraction of sp³-hybridized carbons (Fsp3) is 0.0667. The van der Waals surface area contributed by atoms with Gasteiger partial charge in [-0.25, -0.2) is 18.9 Å². The molecule has 2 nitrogen and oxygen atoms in total. The quantitative estimate of drug-likeness (QED) is 0.122. The number of hydrogen-bond donors (Lipinski definition) is 0. The Kier molecular flexibility index (Phi) is 6.23. The Morgan fingerprint density at radius 3 is 1.32 bits per heavy atom. The lowest BCUT2D eigenvalue weighted by Gasteiger charge is -2.12. The highest BCUT2D eigenvalue weighted by atomic mass is 19.4. The number of halogens is 8. The van der Waals surface area contributed by atoms with Gasteiger partial charge in [0.15, 0.2) is 0 Å². The predicted octanol–water partition coefficient (Wildman–Crippen LogP) is 9.52. The summed E-state index contributed by atoms with van der Waals surface area (Å²) in [5.41, 5.74) is -0.779. The molecule has 0 aliphatic heterocycles. The molecule has 1 aliphatic carbocycles. The molecule has 198 valence electrons. The topological polar surface area (TPSA) is 28.1 Å². The number of nitrogens with zero attached hydrogens (tertiary/aromatic N) is 2. The fourth-order valence-corrected chi connectivity index (χ4v) is 4.71. The Bertz CT molecular complexity index is 1680. The summed E-state index contributed by atoms with van der Waals surface area (Å²) in [7, 11) is 0. The largest absolute Gasteiger partial charge is 0.419 e. The van der Waals surface area contributed by atoms with Crippen molar-refractivity contribution in [3.05, 3.63) is 124 Å². The number of alkyl halides is 6. The summed E-state index contributed by atoms with van der Waals surface area (Å²) in [6.07, 6.45) is -9.86. The van der Waals surface area contributed by atoms with E-state index in [1.165, 1.54) is 36.4 Å². The minimum absolute atomic E-state index is 0.0415. The van der Waals surface area contributed by atoms with Gasteiger partial charge in [-0.05, 0) is 80.9 Å². The van der Waals surface area contributed by atoms with E-state index in [0.29, 0.717) is 46.5 Å². The average molecular weight is 552 g/mol. The molecule has 4 aromatic rings. The van der Waals surface area contributed by atoms with Crippen molar-refractivity contribution in [1.29, 1.82) is 5.26 Å². The number of benzene rings is 4. The number of allylic oxidation sites excluding steroid dienone is 1. The molecule has 5 rings (SSSR count). The van der Waals surface area contributed by atoms with E-state index in [2.05, 4.69) is 4.85 Å². The van der Waals surface area contributed by atoms with Crippen molar-refractivity contribution in [3.8, 4) is 39.4 Å². The maximum Gasteiger partial charge on any atom is 0.419 e. The summed E-state index contributed by atoms with van der Waals surface area (Å²) in [6.45, 7) is 7.50. The molecule has 0 heterocycles. The lowest BCUT2D eigenvalue weighted by atomic mass is 9.95. The molecule has 40 heavy (non-hydrogen) atoms. The van der Waals surface area contributed by atoms with Crippen LogP contribution >= 0.6 is 0 Å². The fourth-order valence-electron chi connectivity index (χ4n) is 4.71. The zero-order valence-electron chi connectivity index (χ0n) is 19.8. The molecule has 0 aromatic heterocycles. The van der Waals surface area contributed by atoms with Crippen LogP contribution < -0.4 is 0 Å². The van der Waals surface area contributed by atoms with Crippen LogP contribution in [0, 0.1) is 29.5 Å². The Labute approximate surface area is 221 Å². The first-order valence-electron chi connectivity index (χ1n) is 11.4. The van der Waals surface area contributed by atoms with Gasteiger partial charge < -0.3 is 0 Å². The molecule has 0 atom stereocenters. The monoisotopic (exact) mass is 552 g/mol. The average Bonchev–Trinajstić information content (AvgIpc) is 3.21. The third-order valence-electron chi connectivity index (χ3n) is 6.53. The summed E-state index contributed by atoms with van der Waals surface area (Å²) in [5.74, 6) is -2.88. The van der Waals surface area contributed by atoms with Gasteiger partial charge in [0.05, 0.1) is 23.8 Å². The van der Waals surface area contributed by atoms with E-state index >= 15 is 0 Å². The second-order valence-corrected chi connectivity index (χ2v) is 8.85. The normalized spacial score (nSPS) is 12.4. The van der Waals surface area contributed by atoms with Crippen LogP contribution in [0.25, 0.3) is 43.8 Å². The first kappa shape index (κ1) is 26.6. The summed E-state index contributed by atoms with van der Waals surface area (Å²) < 4.78 is 107. The van der Waals surface area contributed by atoms with E-state index in [9.17, 15) is 40.4 Å². The molecule has 1 aliphatic rings. The molecule has 0 saturated heterocycles. The van der Waals surface area contributed by atoms with Gasteiger partial charge in [-0.15, -0.1) is 0 Å². The lowest BCUT2D eigenvalue weighted by Crippen LogP contribution is -2.08. The molecular weight excluding hydrogens is 540 g/mol. The van der Waals surface area contributed by atoms with Gasteiger partial charge in [-0.1, -0.05) is 36.4 Å². The van der Waals surface area contributed by atoms with Crippen LogP contribution in [0.1, 0.15) is 22.3 Å². The molecule has 0 fully saturated rings. The number of nitriles is 1. The smallest absolute Gasteiger partial charge is 0.226 e. The van der Waals surface area contributed by atoms with Crippen molar-refractivity contribution in [2.45, 2.75) is 12.4 Å². The maximum atomic E-state index is 13.8. The van der Waals surface area contributed by atoms with E-state index in [1.807, 2.05) is 0 Å². The second-order valence-electron chi connectivity index (χ2n) is 8.85. The Morgan fingerprint density at radius 1 is 0.600 bits per heavy atom. The van der Waals surface area contributed by atoms with Crippen molar-refractivity contribution in [2.24, 2.45) is 0 Å². The van der Waals surface area contributed by atoms with E-state index in [-0.39, 0.29) is 33.5 Å². The van der Waals surface area contributed by atoms with Crippen LogP contribution in [0.3, 0.4) is 0 Å². The highest BCUT2D eigenvalue weighted by Crippen LogP contribution is 2.49. The van der Waals surface area contributed by atoms with E-state index < -0.39 is 35.1 Å². The van der Waals surface area contributed by atoms with Crippen molar-refractivity contribution < 1.29 is 35.1 Å². The molecule has 0 bridgehead atoms. The van der Waals surface area contributed by atoms with Crippen molar-refractivity contribution in [3.63, 3.8) is 0 Å². The molecule has 0 saturated carbocycles. The summed E-state index contributed by atoms with van der Waals surface area (Å²) in [6, 6.07) is 16.0. The van der Waals surface area contributed by atoms with Crippen molar-refractivity contribution in [2.75, 3.05) is 0 Å². The third kappa shape index (κ3) is 4.48. The predicted molar refractivity (Wildman–Crippen MR) is 131 cm³/mol. The third-order valence-corrected chi connectivity index (χ3v) is 6.53. The van der Waals surface area contributed by atoms with Gasteiger partial charge in [-0.2, -0.15) is 26.3 Å². The minimum atomic E-state index is -4.93. The van der Waals surface area contributed by atoms with Crippen molar-refractivity contribution in [1.82, 2.24) is 0 Å². The molecule has 0 N–H and O–H groups in total. The van der Waals surface area contributed by atoms with Gasteiger partial charge in [0.2, 0.25) is 0 Å². The number of rotatable bonds is 2. The lowest BCUT2D eigenvalue weighted by molar-refractivity contribution is -0.140. The van der Waals surface area contributed by atoms with Crippen molar-refractivity contribution >= 4 is 5.57 Å². The standard InChI is InChI=1S/C30H12F8N2/c1-40-27(14-39)28-21-10-15(17-4-8-25(31)23(12-17)29(33,34)35)2-6-19(21)20-7-3-16(11-22(20)28)18-5-9-26(32)24(13-18)30(36,37)38/h2-13H. The van der Waals surface area contributed by atoms with Crippen LogP contribution in [-0.4, -0.2) is 0 Å². The second kappa shape index (κ2) is 9.35. The van der Waals surface area contributed by atoms with E-state index in [0.717, 1.165) is 0 Å². The summed E-state index contributed by atoms with van der Waals surface area (Å²) >= 11 is 0. The maximum absolute atomic E-state index is 13.8. The first-order chi connectivity index (χ1) is 18.8. The summed E-state index contributed by atoms with van der Waals surface area (Å²) in [5, 5.41) is 9.67. The Balaban J connectivity index is 1.69. The molecule has 0 unspecified atom stereocenters. The number of hydrogen-bond acceptors (Lipinski definition) is 1. The minimum Gasteiger partial charge on any atom is -0.226 e. The van der Waals surface area contributed by atoms with Crippen LogP contribution in [0.2, 0.25) is 0 Å². The van der Waals surface area contributed by atoms with Crippen LogP contribution in [0.15, 0.2) is 78.5 Å². The van der Waals surface area contributed by atoms with Gasteiger partial charge >= 0.3 is 12.4 Å². The molecule has 4 aromatic carbocycles. The highest BCUT2D eigenvalue weighted by molar-refractivity contribution is 6.05. The van der Waals surface area contributed by atoms with E-state index in [4.69, 9.17) is 6.57 Å². The molecular formula is C30H12F8N2. The zero-order valence-corrected chi connectivity index (χ0v) is 19.8. The Hall–Kier alpha value is -4.96. The first-order valence-corrected chi connectivity index (χ1v) is 11.4. The molecule has 0 amide bonds.